The van der Waals surface area contributed by atoms with Gasteiger partial charge in [-0.15, -0.1) is 0 Å². The van der Waals surface area contributed by atoms with E-state index in [4.69, 9.17) is 0 Å². The van der Waals surface area contributed by atoms with Gasteiger partial charge in [-0.05, 0) is 19.1 Å². The third-order valence-corrected chi connectivity index (χ3v) is 1.86. The van der Waals surface area contributed by atoms with Crippen molar-refractivity contribution in [2.24, 2.45) is 0 Å². The molecule has 0 saturated heterocycles. The van der Waals surface area contributed by atoms with E-state index < -0.39 is 0 Å². The van der Waals surface area contributed by atoms with Crippen molar-refractivity contribution >= 4 is 16.9 Å². The highest BCUT2D eigenvalue weighted by atomic mass is 16.2. The molecule has 0 atom stereocenters. The fourth-order valence-electron chi connectivity index (χ4n) is 1.27. The minimum Gasteiger partial charge on any atom is -0.273 e. The molecule has 0 radical (unpaired) electrons. The van der Waals surface area contributed by atoms with Crippen LogP contribution in [0.1, 0.15) is 17.4 Å². The van der Waals surface area contributed by atoms with Gasteiger partial charge < -0.3 is 0 Å². The van der Waals surface area contributed by atoms with Crippen LogP contribution in [-0.2, 0) is 0 Å². The van der Waals surface area contributed by atoms with E-state index >= 15 is 0 Å². The van der Waals surface area contributed by atoms with E-state index in [-0.39, 0.29) is 5.91 Å². The van der Waals surface area contributed by atoms with Crippen molar-refractivity contribution < 1.29 is 4.79 Å². The lowest BCUT2D eigenvalue weighted by Gasteiger charge is -1.96. The zero-order valence-electron chi connectivity index (χ0n) is 7.48. The minimum absolute atomic E-state index is 0.0966. The molecule has 13 heavy (non-hydrogen) atoms. The smallest absolute Gasteiger partial charge is 0.244 e. The van der Waals surface area contributed by atoms with Gasteiger partial charge in [0, 0.05) is 12.6 Å². The highest BCUT2D eigenvalue weighted by molar-refractivity contribution is 5.87. The Morgan fingerprint density at radius 3 is 2.92 bits per heavy atom. The Morgan fingerprint density at radius 1 is 1.46 bits per heavy atom. The number of fused-ring (bicyclic) bond motifs is 1. The molecule has 0 saturated carbocycles. The van der Waals surface area contributed by atoms with Gasteiger partial charge >= 0.3 is 0 Å². The van der Waals surface area contributed by atoms with Crippen LogP contribution < -0.4 is 0 Å². The number of hydrogen-bond acceptors (Lipinski definition) is 3. The third-order valence-electron chi connectivity index (χ3n) is 1.86. The Morgan fingerprint density at radius 2 is 2.23 bits per heavy atom. The summed E-state index contributed by atoms with van der Waals surface area (Å²) in [6.07, 6.45) is 1.60. The molecule has 4 nitrogen and oxygen atoms in total. The first-order valence-electron chi connectivity index (χ1n) is 4.01. The van der Waals surface area contributed by atoms with Gasteiger partial charge in [0.25, 0.3) is 0 Å². The Hall–Kier alpha value is -1.71. The van der Waals surface area contributed by atoms with Crippen molar-refractivity contribution in [1.29, 1.82) is 0 Å². The summed E-state index contributed by atoms with van der Waals surface area (Å²) in [5.41, 5.74) is 2.45. The van der Waals surface area contributed by atoms with Gasteiger partial charge in [-0.1, -0.05) is 0 Å². The number of aromatic nitrogens is 3. The first-order valence-corrected chi connectivity index (χ1v) is 4.01. The van der Waals surface area contributed by atoms with E-state index in [1.54, 1.807) is 6.20 Å². The minimum atomic E-state index is -0.0966. The summed E-state index contributed by atoms with van der Waals surface area (Å²) in [5, 5.41) is 3.94. The van der Waals surface area contributed by atoms with Gasteiger partial charge in [-0.3, -0.25) is 4.79 Å². The second-order valence-corrected chi connectivity index (χ2v) is 2.93. The highest BCUT2D eigenvalue weighted by Crippen LogP contribution is 2.11. The number of nitrogens with zero attached hydrogens (tertiary/aromatic N) is 3. The maximum absolute atomic E-state index is 11.1. The van der Waals surface area contributed by atoms with Crippen LogP contribution in [0.4, 0.5) is 0 Å². The average molecular weight is 175 g/mol. The Bertz CT molecular complexity index is 473. The molecule has 4 heteroatoms. The largest absolute Gasteiger partial charge is 0.273 e. The SMILES string of the molecule is CC(=O)n1ncc2nc(C)ccc21. The van der Waals surface area contributed by atoms with Gasteiger partial charge in [-0.25, -0.2) is 4.98 Å². The number of carbonyl (C=O) groups is 1. The molecule has 0 spiro atoms. The maximum Gasteiger partial charge on any atom is 0.244 e. The zero-order chi connectivity index (χ0) is 9.42. The van der Waals surface area contributed by atoms with Crippen molar-refractivity contribution in [2.75, 3.05) is 0 Å². The van der Waals surface area contributed by atoms with Gasteiger partial charge in [0.2, 0.25) is 5.91 Å². The molecule has 66 valence electrons. The molecule has 2 aromatic heterocycles. The second-order valence-electron chi connectivity index (χ2n) is 2.93. The zero-order valence-corrected chi connectivity index (χ0v) is 7.48. The van der Waals surface area contributed by atoms with E-state index in [2.05, 4.69) is 10.1 Å². The van der Waals surface area contributed by atoms with Crippen molar-refractivity contribution in [2.45, 2.75) is 13.8 Å². The summed E-state index contributed by atoms with van der Waals surface area (Å²) in [5.74, 6) is -0.0966. The van der Waals surface area contributed by atoms with Crippen LogP contribution in [0, 0.1) is 6.92 Å². The number of hydrogen-bond donors (Lipinski definition) is 0. The Kier molecular flexibility index (Phi) is 1.62. The monoisotopic (exact) mass is 175 g/mol. The number of pyridine rings is 1. The van der Waals surface area contributed by atoms with Crippen molar-refractivity contribution in [3.05, 3.63) is 24.0 Å². The molecule has 0 aliphatic rings. The van der Waals surface area contributed by atoms with Gasteiger partial charge in [0.15, 0.2) is 0 Å². The summed E-state index contributed by atoms with van der Waals surface area (Å²) in [4.78, 5) is 15.3. The normalized spacial score (nSPS) is 10.6. The summed E-state index contributed by atoms with van der Waals surface area (Å²) in [7, 11) is 0. The topological polar surface area (TPSA) is 47.8 Å². The molecule has 0 N–H and O–H groups in total. The van der Waals surface area contributed by atoms with E-state index in [1.165, 1.54) is 11.6 Å². The van der Waals surface area contributed by atoms with Crippen LogP contribution in [0.25, 0.3) is 11.0 Å². The third kappa shape index (κ3) is 1.20. The molecule has 0 aliphatic heterocycles. The second kappa shape index (κ2) is 2.65. The van der Waals surface area contributed by atoms with Gasteiger partial charge in [0.1, 0.15) is 5.52 Å². The standard InChI is InChI=1S/C9H9N3O/c1-6-3-4-9-8(11-6)5-10-12(9)7(2)13/h3-5H,1-2H3. The average Bonchev–Trinajstić information content (AvgIpc) is 2.46. The quantitative estimate of drug-likeness (QED) is 0.608. The van der Waals surface area contributed by atoms with Gasteiger partial charge in [0.05, 0.1) is 11.7 Å². The molecule has 0 unspecified atom stereocenters. The number of aryl methyl sites for hydroxylation is 1. The molecule has 0 amide bonds. The fraction of sp³-hybridized carbons (Fsp3) is 0.222. The van der Waals surface area contributed by atoms with Crippen LogP contribution in [0.15, 0.2) is 18.3 Å². The van der Waals surface area contributed by atoms with Gasteiger partial charge in [-0.2, -0.15) is 9.78 Å². The maximum atomic E-state index is 11.1. The van der Waals surface area contributed by atoms with Crippen LogP contribution in [0.5, 0.6) is 0 Å². The Balaban J connectivity index is 2.76. The molecular weight excluding hydrogens is 166 g/mol. The lowest BCUT2D eigenvalue weighted by Crippen LogP contribution is -2.06. The first kappa shape index (κ1) is 7.91. The molecule has 2 heterocycles. The van der Waals surface area contributed by atoms with E-state index in [0.717, 1.165) is 16.7 Å². The van der Waals surface area contributed by atoms with Crippen molar-refractivity contribution in [3.63, 3.8) is 0 Å². The van der Waals surface area contributed by atoms with Crippen LogP contribution >= 0.6 is 0 Å². The Labute approximate surface area is 75.2 Å². The predicted molar refractivity (Wildman–Crippen MR) is 48.6 cm³/mol. The highest BCUT2D eigenvalue weighted by Gasteiger charge is 2.06. The number of rotatable bonds is 0. The van der Waals surface area contributed by atoms with E-state index in [0.29, 0.717) is 0 Å². The summed E-state index contributed by atoms with van der Waals surface area (Å²) >= 11 is 0. The first-order chi connectivity index (χ1) is 6.18. The number of carbonyl (C=O) groups excluding carboxylic acids is 1. The summed E-state index contributed by atoms with van der Waals surface area (Å²) in [6, 6.07) is 3.72. The lowest BCUT2D eigenvalue weighted by atomic mass is 10.3. The molecule has 0 bridgehead atoms. The lowest BCUT2D eigenvalue weighted by molar-refractivity contribution is 0.0927. The van der Waals surface area contributed by atoms with Crippen LogP contribution in [-0.4, -0.2) is 20.7 Å². The molecule has 2 rings (SSSR count). The fourth-order valence-corrected chi connectivity index (χ4v) is 1.27. The molecule has 2 aromatic rings. The van der Waals surface area contributed by atoms with E-state index in [1.807, 2.05) is 19.1 Å². The summed E-state index contributed by atoms with van der Waals surface area (Å²) in [6.45, 7) is 3.39. The van der Waals surface area contributed by atoms with Crippen LogP contribution in [0.3, 0.4) is 0 Å². The molecular formula is C9H9N3O. The molecule has 0 aromatic carbocycles. The van der Waals surface area contributed by atoms with Crippen molar-refractivity contribution in [1.82, 2.24) is 14.8 Å². The molecule has 0 aliphatic carbocycles. The summed E-state index contributed by atoms with van der Waals surface area (Å²) < 4.78 is 1.35. The van der Waals surface area contributed by atoms with Crippen LogP contribution in [0.2, 0.25) is 0 Å². The van der Waals surface area contributed by atoms with Crippen molar-refractivity contribution in [3.8, 4) is 0 Å². The van der Waals surface area contributed by atoms with E-state index in [9.17, 15) is 4.79 Å². The predicted octanol–water partition coefficient (Wildman–Crippen LogP) is 1.40. The molecule has 0 fully saturated rings.